The Kier molecular flexibility index (Phi) is 5.33. The van der Waals surface area contributed by atoms with Crippen LogP contribution in [0.4, 0.5) is 11.8 Å². The molecule has 0 atom stereocenters. The molecule has 0 amide bonds. The summed E-state index contributed by atoms with van der Waals surface area (Å²) in [5.74, 6) is 1.29. The van der Waals surface area contributed by atoms with Gasteiger partial charge in [0.15, 0.2) is 0 Å². The van der Waals surface area contributed by atoms with Gasteiger partial charge in [-0.25, -0.2) is 18.1 Å². The molecular weight excluding hydrogens is 322 g/mol. The summed E-state index contributed by atoms with van der Waals surface area (Å²) in [6.07, 6.45) is 0. The quantitative estimate of drug-likeness (QED) is 0.738. The topological polar surface area (TPSA) is 87.2 Å². The minimum atomic E-state index is -3.42. The first-order valence-electron chi connectivity index (χ1n) is 6.68. The number of anilines is 2. The van der Waals surface area contributed by atoms with Crippen LogP contribution in [0.3, 0.4) is 0 Å². The summed E-state index contributed by atoms with van der Waals surface area (Å²) in [6.45, 7) is 2.55. The van der Waals surface area contributed by atoms with E-state index < -0.39 is 10.0 Å². The van der Waals surface area contributed by atoms with E-state index in [2.05, 4.69) is 20.0 Å². The second kappa shape index (κ2) is 7.03. The van der Waals surface area contributed by atoms with Gasteiger partial charge in [-0.05, 0) is 18.4 Å². The van der Waals surface area contributed by atoms with E-state index >= 15 is 0 Å². The number of nitrogens with zero attached hydrogens (tertiary/aromatic N) is 3. The second-order valence-corrected chi connectivity index (χ2v) is 7.78. The van der Waals surface area contributed by atoms with Crippen molar-refractivity contribution in [1.29, 1.82) is 0 Å². The summed E-state index contributed by atoms with van der Waals surface area (Å²) in [5.41, 5.74) is 0.848. The lowest BCUT2D eigenvalue weighted by Crippen LogP contribution is -2.28. The Morgan fingerprint density at radius 1 is 1.27 bits per heavy atom. The minimum Gasteiger partial charge on any atom is -0.363 e. The van der Waals surface area contributed by atoms with Crippen LogP contribution in [0.15, 0.2) is 27.8 Å². The van der Waals surface area contributed by atoms with Crippen molar-refractivity contribution in [3.63, 3.8) is 0 Å². The van der Waals surface area contributed by atoms with Crippen LogP contribution in [0.1, 0.15) is 5.69 Å². The summed E-state index contributed by atoms with van der Waals surface area (Å²) in [6, 6.07) is 5.17. The van der Waals surface area contributed by atoms with Gasteiger partial charge in [0.1, 0.15) is 10.0 Å². The largest absolute Gasteiger partial charge is 0.363 e. The zero-order valence-electron chi connectivity index (χ0n) is 12.7. The number of aromatic nitrogens is 2. The molecule has 0 spiro atoms. The molecule has 2 aromatic heterocycles. The number of aryl methyl sites for hydroxylation is 1. The van der Waals surface area contributed by atoms with Crippen LogP contribution in [-0.2, 0) is 10.0 Å². The fourth-order valence-corrected chi connectivity index (χ4v) is 3.78. The van der Waals surface area contributed by atoms with Crippen LogP contribution in [0, 0.1) is 6.92 Å². The fraction of sp³-hybridized carbons (Fsp3) is 0.385. The van der Waals surface area contributed by atoms with Crippen LogP contribution in [0.2, 0.25) is 0 Å². The molecule has 0 bridgehead atoms. The Labute approximate surface area is 134 Å². The maximum absolute atomic E-state index is 11.9. The molecule has 2 N–H and O–H groups in total. The maximum atomic E-state index is 11.9. The SMILES string of the molecule is Cc1cc(N(C)C)nc(NCCNS(=O)(=O)c2cccs2)n1. The molecule has 7 nitrogen and oxygen atoms in total. The average molecular weight is 341 g/mol. The summed E-state index contributed by atoms with van der Waals surface area (Å²) >= 11 is 1.19. The van der Waals surface area contributed by atoms with Crippen molar-refractivity contribution >= 4 is 33.1 Å². The normalized spacial score (nSPS) is 11.4. The van der Waals surface area contributed by atoms with Gasteiger partial charge in [0.05, 0.1) is 0 Å². The Bertz CT molecular complexity index is 714. The van der Waals surface area contributed by atoms with E-state index in [9.17, 15) is 8.42 Å². The molecule has 0 radical (unpaired) electrons. The van der Waals surface area contributed by atoms with Gasteiger partial charge < -0.3 is 10.2 Å². The van der Waals surface area contributed by atoms with E-state index in [0.717, 1.165) is 11.5 Å². The van der Waals surface area contributed by atoms with Crippen molar-refractivity contribution in [2.24, 2.45) is 0 Å². The Balaban J connectivity index is 1.89. The van der Waals surface area contributed by atoms with Gasteiger partial charge in [0, 0.05) is 38.9 Å². The molecule has 0 fully saturated rings. The van der Waals surface area contributed by atoms with Crippen LogP contribution in [0.25, 0.3) is 0 Å². The molecule has 2 heterocycles. The molecule has 9 heteroatoms. The summed E-state index contributed by atoms with van der Waals surface area (Å²) in [5, 5.41) is 4.76. The highest BCUT2D eigenvalue weighted by atomic mass is 32.2. The molecule has 22 heavy (non-hydrogen) atoms. The van der Waals surface area contributed by atoms with E-state index in [4.69, 9.17) is 0 Å². The second-order valence-electron chi connectivity index (χ2n) is 4.84. The number of hydrogen-bond donors (Lipinski definition) is 2. The standard InChI is InChI=1S/C13H19N5O2S2/c1-10-9-11(18(2)3)17-13(16-10)14-6-7-15-22(19,20)12-5-4-8-21-12/h4-5,8-9,15H,6-7H2,1-3H3,(H,14,16,17). The average Bonchev–Trinajstić information content (AvgIpc) is 2.98. The first kappa shape index (κ1) is 16.7. The van der Waals surface area contributed by atoms with E-state index in [1.54, 1.807) is 17.5 Å². The van der Waals surface area contributed by atoms with Crippen molar-refractivity contribution in [3.8, 4) is 0 Å². The number of rotatable bonds is 7. The Morgan fingerprint density at radius 2 is 2.05 bits per heavy atom. The molecule has 120 valence electrons. The Morgan fingerprint density at radius 3 is 2.68 bits per heavy atom. The number of thiophene rings is 1. The fourth-order valence-electron chi connectivity index (χ4n) is 1.71. The first-order chi connectivity index (χ1) is 10.4. The minimum absolute atomic E-state index is 0.259. The lowest BCUT2D eigenvalue weighted by Gasteiger charge is -2.13. The van der Waals surface area contributed by atoms with E-state index in [0.29, 0.717) is 16.7 Å². The van der Waals surface area contributed by atoms with Gasteiger partial charge >= 0.3 is 0 Å². The van der Waals surface area contributed by atoms with Crippen molar-refractivity contribution in [2.45, 2.75) is 11.1 Å². The van der Waals surface area contributed by atoms with Gasteiger partial charge in [-0.1, -0.05) is 6.07 Å². The number of hydrogen-bond acceptors (Lipinski definition) is 7. The van der Waals surface area contributed by atoms with Crippen molar-refractivity contribution < 1.29 is 8.42 Å². The smallest absolute Gasteiger partial charge is 0.250 e. The predicted molar refractivity (Wildman–Crippen MR) is 89.1 cm³/mol. The van der Waals surface area contributed by atoms with E-state index in [1.807, 2.05) is 32.0 Å². The highest BCUT2D eigenvalue weighted by Crippen LogP contribution is 2.15. The third-order valence-electron chi connectivity index (χ3n) is 2.76. The highest BCUT2D eigenvalue weighted by Gasteiger charge is 2.13. The third kappa shape index (κ3) is 4.39. The predicted octanol–water partition coefficient (Wildman–Crippen LogP) is 1.30. The molecular formula is C13H19N5O2S2. The third-order valence-corrected chi connectivity index (χ3v) is 5.62. The van der Waals surface area contributed by atoms with Gasteiger partial charge in [-0.3, -0.25) is 0 Å². The molecule has 0 saturated carbocycles. The Hall–Kier alpha value is -1.71. The molecule has 0 aliphatic rings. The molecule has 0 saturated heterocycles. The molecule has 0 aromatic carbocycles. The van der Waals surface area contributed by atoms with Crippen LogP contribution >= 0.6 is 11.3 Å². The monoisotopic (exact) mass is 341 g/mol. The van der Waals surface area contributed by atoms with Crippen molar-refractivity contribution in [1.82, 2.24) is 14.7 Å². The molecule has 2 rings (SSSR count). The van der Waals surface area contributed by atoms with Gasteiger partial charge in [0.2, 0.25) is 16.0 Å². The molecule has 0 aliphatic carbocycles. The highest BCUT2D eigenvalue weighted by molar-refractivity contribution is 7.91. The molecule has 2 aromatic rings. The lowest BCUT2D eigenvalue weighted by atomic mass is 10.4. The zero-order valence-corrected chi connectivity index (χ0v) is 14.3. The van der Waals surface area contributed by atoms with Crippen LogP contribution in [-0.4, -0.2) is 45.6 Å². The number of nitrogens with one attached hydrogen (secondary N) is 2. The summed E-state index contributed by atoms with van der Waals surface area (Å²) in [4.78, 5) is 10.5. The summed E-state index contributed by atoms with van der Waals surface area (Å²) < 4.78 is 26.7. The molecule has 0 aliphatic heterocycles. The van der Waals surface area contributed by atoms with E-state index in [1.165, 1.54) is 11.3 Å². The van der Waals surface area contributed by atoms with Gasteiger partial charge in [-0.15, -0.1) is 11.3 Å². The van der Waals surface area contributed by atoms with Gasteiger partial charge in [-0.2, -0.15) is 4.98 Å². The first-order valence-corrected chi connectivity index (χ1v) is 9.05. The van der Waals surface area contributed by atoms with E-state index in [-0.39, 0.29) is 6.54 Å². The van der Waals surface area contributed by atoms with Crippen LogP contribution in [0.5, 0.6) is 0 Å². The lowest BCUT2D eigenvalue weighted by molar-refractivity contribution is 0.585. The van der Waals surface area contributed by atoms with Crippen LogP contribution < -0.4 is 14.9 Å². The molecule has 0 unspecified atom stereocenters. The number of sulfonamides is 1. The van der Waals surface area contributed by atoms with Crippen molar-refractivity contribution in [2.75, 3.05) is 37.4 Å². The maximum Gasteiger partial charge on any atom is 0.250 e. The van der Waals surface area contributed by atoms with Crippen molar-refractivity contribution in [3.05, 3.63) is 29.3 Å². The summed E-state index contributed by atoms with van der Waals surface area (Å²) in [7, 11) is 0.385. The zero-order chi connectivity index (χ0) is 16.2. The van der Waals surface area contributed by atoms with Gasteiger partial charge in [0.25, 0.3) is 0 Å².